The quantitative estimate of drug-likeness (QED) is 0.799. The first kappa shape index (κ1) is 11.2. The maximum Gasteiger partial charge on any atom is 0.0445 e. The van der Waals surface area contributed by atoms with Gasteiger partial charge >= 0.3 is 0 Å². The Labute approximate surface area is 86.5 Å². The van der Waals surface area contributed by atoms with Crippen LogP contribution in [0.1, 0.15) is 38.4 Å². The second-order valence-electron chi connectivity index (χ2n) is 4.24. The van der Waals surface area contributed by atoms with E-state index < -0.39 is 0 Å². The van der Waals surface area contributed by atoms with Crippen LogP contribution in [0.2, 0.25) is 0 Å². The van der Waals surface area contributed by atoms with Gasteiger partial charge in [0.05, 0.1) is 0 Å². The van der Waals surface area contributed by atoms with Gasteiger partial charge in [-0.15, -0.1) is 0 Å². The molecule has 1 unspecified atom stereocenters. The lowest BCUT2D eigenvalue weighted by atomic mass is 9.79. The number of rotatable bonds is 3. The van der Waals surface area contributed by atoms with Crippen LogP contribution in [-0.4, -0.2) is 4.98 Å². The van der Waals surface area contributed by atoms with Crippen molar-refractivity contribution in [3.8, 4) is 0 Å². The van der Waals surface area contributed by atoms with E-state index in [-0.39, 0.29) is 5.54 Å². The zero-order chi connectivity index (χ0) is 10.8. The van der Waals surface area contributed by atoms with E-state index in [9.17, 15) is 0 Å². The molecule has 2 heteroatoms. The number of hydrogen-bond acceptors (Lipinski definition) is 2. The molecule has 0 spiro atoms. The third-order valence-corrected chi connectivity index (χ3v) is 3.06. The lowest BCUT2D eigenvalue weighted by Gasteiger charge is -2.32. The first-order valence-corrected chi connectivity index (χ1v) is 5.22. The molecule has 0 aliphatic carbocycles. The molecule has 2 N–H and O–H groups in total. The Morgan fingerprint density at radius 2 is 2.07 bits per heavy atom. The van der Waals surface area contributed by atoms with Gasteiger partial charge in [-0.2, -0.15) is 0 Å². The standard InChI is InChI=1S/C12H20N2/c1-5-12(13,9(2)3)11-7-6-10(4)14-8-11/h6-9H,5,13H2,1-4H3. The van der Waals surface area contributed by atoms with Crippen molar-refractivity contribution in [2.75, 3.05) is 0 Å². The van der Waals surface area contributed by atoms with E-state index in [0.717, 1.165) is 17.7 Å². The second kappa shape index (κ2) is 4.09. The van der Waals surface area contributed by atoms with Crippen molar-refractivity contribution in [2.24, 2.45) is 11.7 Å². The van der Waals surface area contributed by atoms with Gasteiger partial charge in [-0.05, 0) is 30.9 Å². The van der Waals surface area contributed by atoms with Crippen molar-refractivity contribution < 1.29 is 0 Å². The molecular formula is C12H20N2. The van der Waals surface area contributed by atoms with Gasteiger partial charge in [-0.1, -0.05) is 26.8 Å². The number of nitrogens with zero attached hydrogens (tertiary/aromatic N) is 1. The highest BCUT2D eigenvalue weighted by molar-refractivity contribution is 5.22. The Bertz CT molecular complexity index is 290. The van der Waals surface area contributed by atoms with Crippen LogP contribution < -0.4 is 5.73 Å². The molecular weight excluding hydrogens is 172 g/mol. The number of nitrogens with two attached hydrogens (primary N) is 1. The third-order valence-electron chi connectivity index (χ3n) is 3.06. The Balaban J connectivity index is 3.06. The van der Waals surface area contributed by atoms with Crippen molar-refractivity contribution in [3.05, 3.63) is 29.6 Å². The van der Waals surface area contributed by atoms with Crippen LogP contribution in [0.15, 0.2) is 18.3 Å². The van der Waals surface area contributed by atoms with Crippen LogP contribution in [0, 0.1) is 12.8 Å². The third kappa shape index (κ3) is 1.95. The molecule has 0 amide bonds. The Morgan fingerprint density at radius 1 is 1.43 bits per heavy atom. The topological polar surface area (TPSA) is 38.9 Å². The van der Waals surface area contributed by atoms with E-state index in [4.69, 9.17) is 5.73 Å². The highest BCUT2D eigenvalue weighted by Gasteiger charge is 2.29. The summed E-state index contributed by atoms with van der Waals surface area (Å²) < 4.78 is 0. The largest absolute Gasteiger partial charge is 0.321 e. The summed E-state index contributed by atoms with van der Waals surface area (Å²) in [5.74, 6) is 0.428. The molecule has 78 valence electrons. The molecule has 0 fully saturated rings. The van der Waals surface area contributed by atoms with Crippen LogP contribution in [0.4, 0.5) is 0 Å². The number of pyridine rings is 1. The van der Waals surface area contributed by atoms with Crippen molar-refractivity contribution in [1.82, 2.24) is 4.98 Å². The monoisotopic (exact) mass is 192 g/mol. The molecule has 1 heterocycles. The van der Waals surface area contributed by atoms with Crippen LogP contribution in [0.5, 0.6) is 0 Å². The fraction of sp³-hybridized carbons (Fsp3) is 0.583. The molecule has 0 aromatic carbocycles. The van der Waals surface area contributed by atoms with Gasteiger partial charge in [0, 0.05) is 17.4 Å². The van der Waals surface area contributed by atoms with E-state index in [1.165, 1.54) is 0 Å². The Kier molecular flexibility index (Phi) is 3.27. The molecule has 0 aliphatic rings. The average Bonchev–Trinajstić information content (AvgIpc) is 2.17. The summed E-state index contributed by atoms with van der Waals surface area (Å²) >= 11 is 0. The summed E-state index contributed by atoms with van der Waals surface area (Å²) in [6.45, 7) is 8.43. The van der Waals surface area contributed by atoms with E-state index in [2.05, 4.69) is 31.8 Å². The van der Waals surface area contributed by atoms with Crippen LogP contribution in [-0.2, 0) is 5.54 Å². The summed E-state index contributed by atoms with van der Waals surface area (Å²) in [4.78, 5) is 4.30. The van der Waals surface area contributed by atoms with Crippen LogP contribution in [0.25, 0.3) is 0 Å². The van der Waals surface area contributed by atoms with E-state index in [0.29, 0.717) is 5.92 Å². The highest BCUT2D eigenvalue weighted by atomic mass is 14.8. The maximum atomic E-state index is 6.37. The first-order valence-electron chi connectivity index (χ1n) is 5.22. The molecule has 2 nitrogen and oxygen atoms in total. The van der Waals surface area contributed by atoms with Gasteiger partial charge < -0.3 is 5.73 Å². The second-order valence-corrected chi connectivity index (χ2v) is 4.24. The predicted molar refractivity (Wildman–Crippen MR) is 60.0 cm³/mol. The normalized spacial score (nSPS) is 15.6. The van der Waals surface area contributed by atoms with Gasteiger partial charge in [-0.25, -0.2) is 0 Å². The summed E-state index contributed by atoms with van der Waals surface area (Å²) in [7, 11) is 0. The van der Waals surface area contributed by atoms with Crippen molar-refractivity contribution >= 4 is 0 Å². The molecule has 1 aromatic rings. The molecule has 0 bridgehead atoms. The smallest absolute Gasteiger partial charge is 0.0445 e. The Morgan fingerprint density at radius 3 is 2.43 bits per heavy atom. The summed E-state index contributed by atoms with van der Waals surface area (Å²) in [6, 6.07) is 4.11. The van der Waals surface area contributed by atoms with E-state index in [1.807, 2.05) is 19.2 Å². The SMILES string of the molecule is CCC(N)(c1ccc(C)nc1)C(C)C. The van der Waals surface area contributed by atoms with Crippen molar-refractivity contribution in [2.45, 2.75) is 39.7 Å². The first-order chi connectivity index (χ1) is 6.50. The van der Waals surface area contributed by atoms with Crippen LogP contribution >= 0.6 is 0 Å². The van der Waals surface area contributed by atoms with Gasteiger partial charge in [-0.3, -0.25) is 4.98 Å². The molecule has 14 heavy (non-hydrogen) atoms. The van der Waals surface area contributed by atoms with Crippen LogP contribution in [0.3, 0.4) is 0 Å². The van der Waals surface area contributed by atoms with Crippen molar-refractivity contribution in [1.29, 1.82) is 0 Å². The molecule has 0 radical (unpaired) electrons. The maximum absolute atomic E-state index is 6.37. The molecule has 0 aliphatic heterocycles. The predicted octanol–water partition coefficient (Wildman–Crippen LogP) is 2.61. The van der Waals surface area contributed by atoms with E-state index in [1.54, 1.807) is 0 Å². The minimum atomic E-state index is -0.235. The number of hydrogen-bond donors (Lipinski definition) is 1. The zero-order valence-electron chi connectivity index (χ0n) is 9.54. The highest BCUT2D eigenvalue weighted by Crippen LogP contribution is 2.29. The minimum Gasteiger partial charge on any atom is -0.321 e. The lowest BCUT2D eigenvalue weighted by Crippen LogP contribution is -2.41. The molecule has 1 aromatic heterocycles. The van der Waals surface area contributed by atoms with Gasteiger partial charge in [0.25, 0.3) is 0 Å². The van der Waals surface area contributed by atoms with Gasteiger partial charge in [0.1, 0.15) is 0 Å². The Hall–Kier alpha value is -0.890. The fourth-order valence-corrected chi connectivity index (χ4v) is 1.69. The summed E-state index contributed by atoms with van der Waals surface area (Å²) in [5, 5.41) is 0. The molecule has 0 saturated heterocycles. The molecule has 0 saturated carbocycles. The number of aromatic nitrogens is 1. The minimum absolute atomic E-state index is 0.235. The van der Waals surface area contributed by atoms with Gasteiger partial charge in [0.2, 0.25) is 0 Å². The van der Waals surface area contributed by atoms with Crippen molar-refractivity contribution in [3.63, 3.8) is 0 Å². The zero-order valence-corrected chi connectivity index (χ0v) is 9.54. The summed E-state index contributed by atoms with van der Waals surface area (Å²) in [5.41, 5.74) is 8.31. The average molecular weight is 192 g/mol. The lowest BCUT2D eigenvalue weighted by molar-refractivity contribution is 0.305. The number of aryl methyl sites for hydroxylation is 1. The fourth-order valence-electron chi connectivity index (χ4n) is 1.69. The van der Waals surface area contributed by atoms with E-state index >= 15 is 0 Å². The van der Waals surface area contributed by atoms with Gasteiger partial charge in [0.15, 0.2) is 0 Å². The molecule has 1 rings (SSSR count). The molecule has 1 atom stereocenters. The summed E-state index contributed by atoms with van der Waals surface area (Å²) in [6.07, 6.45) is 2.84.